The zero-order valence-electron chi connectivity index (χ0n) is 13.3. The average molecular weight is 420 g/mol. The van der Waals surface area contributed by atoms with E-state index in [1.807, 2.05) is 48.5 Å². The molecule has 25 heavy (non-hydrogen) atoms. The Labute approximate surface area is 159 Å². The fourth-order valence-electron chi connectivity index (χ4n) is 2.39. The molecular weight excluding hydrogens is 404 g/mol. The summed E-state index contributed by atoms with van der Waals surface area (Å²) in [5.41, 5.74) is 6.85. The van der Waals surface area contributed by atoms with E-state index < -0.39 is 0 Å². The number of aliphatic imine (C=N–C) groups is 2. The van der Waals surface area contributed by atoms with Crippen LogP contribution in [0.2, 0.25) is 5.02 Å². The first-order chi connectivity index (χ1) is 12.2. The number of hydrogen-bond donors (Lipinski definition) is 2. The van der Waals surface area contributed by atoms with Gasteiger partial charge in [-0.2, -0.15) is 5.10 Å². The summed E-state index contributed by atoms with van der Waals surface area (Å²) < 4.78 is 0. The Bertz CT molecular complexity index is 858. The Kier molecular flexibility index (Phi) is 5.96. The van der Waals surface area contributed by atoms with E-state index in [9.17, 15) is 5.11 Å². The number of para-hydroxylation sites is 1. The largest absolute Gasteiger partial charge is 0.390 e. The van der Waals surface area contributed by atoms with Crippen LogP contribution < -0.4 is 5.43 Å². The van der Waals surface area contributed by atoms with Crippen molar-refractivity contribution >= 4 is 50.5 Å². The van der Waals surface area contributed by atoms with Crippen LogP contribution in [0, 0.1) is 0 Å². The van der Waals surface area contributed by atoms with Gasteiger partial charge in [-0.25, -0.2) is 4.99 Å². The number of aliphatic hydroxyl groups excluding tert-OH is 1. The van der Waals surface area contributed by atoms with Crippen molar-refractivity contribution in [3.63, 3.8) is 0 Å². The zero-order valence-corrected chi connectivity index (χ0v) is 15.6. The lowest BCUT2D eigenvalue weighted by Gasteiger charge is -2.09. The molecule has 5 nitrogen and oxygen atoms in total. The van der Waals surface area contributed by atoms with E-state index in [-0.39, 0.29) is 6.61 Å². The van der Waals surface area contributed by atoms with Gasteiger partial charge in [0.05, 0.1) is 30.3 Å². The standard InChI is InChI=1S/C18H16BrClN4O/c19-9-12(11-25)23-24-17-10-21-18(13-5-1-3-7-15(13)20)14-6-2-4-8-16(14)22-17/h1-8,25H,9-11H2,(H,22,24)/b23-12-. The first-order valence-corrected chi connectivity index (χ1v) is 9.17. The monoisotopic (exact) mass is 418 g/mol. The molecule has 1 aliphatic rings. The van der Waals surface area contributed by atoms with Crippen molar-refractivity contribution in [1.82, 2.24) is 5.43 Å². The maximum atomic E-state index is 9.21. The number of benzene rings is 2. The minimum absolute atomic E-state index is 0.129. The molecule has 0 atom stereocenters. The molecule has 2 aromatic carbocycles. The third kappa shape index (κ3) is 4.15. The van der Waals surface area contributed by atoms with E-state index in [2.05, 4.69) is 31.4 Å². The molecule has 0 spiro atoms. The minimum atomic E-state index is -0.129. The van der Waals surface area contributed by atoms with Crippen molar-refractivity contribution in [1.29, 1.82) is 0 Å². The number of aliphatic hydroxyl groups is 1. The Hall–Kier alpha value is -2.02. The summed E-state index contributed by atoms with van der Waals surface area (Å²) in [4.78, 5) is 9.33. The van der Waals surface area contributed by atoms with Gasteiger partial charge in [-0.15, -0.1) is 0 Å². The van der Waals surface area contributed by atoms with E-state index >= 15 is 0 Å². The van der Waals surface area contributed by atoms with Crippen molar-refractivity contribution in [3.8, 4) is 0 Å². The van der Waals surface area contributed by atoms with Gasteiger partial charge in [0.15, 0.2) is 0 Å². The molecular formula is C18H16BrClN4O. The topological polar surface area (TPSA) is 69.3 Å². The summed E-state index contributed by atoms with van der Waals surface area (Å²) in [6.45, 7) is 0.204. The molecule has 0 saturated carbocycles. The second-order valence-corrected chi connectivity index (χ2v) is 6.27. The highest BCUT2D eigenvalue weighted by molar-refractivity contribution is 9.09. The molecule has 1 heterocycles. The molecule has 0 radical (unpaired) electrons. The van der Waals surface area contributed by atoms with Crippen LogP contribution in [0.15, 0.2) is 63.6 Å². The Morgan fingerprint density at radius 2 is 1.88 bits per heavy atom. The summed E-state index contributed by atoms with van der Waals surface area (Å²) in [6, 6.07) is 15.4. The van der Waals surface area contributed by atoms with Crippen LogP contribution in [0.5, 0.6) is 0 Å². The number of alkyl halides is 1. The normalized spacial score (nSPS) is 14.3. The van der Waals surface area contributed by atoms with E-state index in [4.69, 9.17) is 16.6 Å². The number of halogens is 2. The first kappa shape index (κ1) is 17.8. The van der Waals surface area contributed by atoms with Crippen molar-refractivity contribution in [2.75, 3.05) is 18.5 Å². The van der Waals surface area contributed by atoms with Crippen molar-refractivity contribution in [2.45, 2.75) is 0 Å². The van der Waals surface area contributed by atoms with Gasteiger partial charge in [0.25, 0.3) is 0 Å². The molecule has 7 heteroatoms. The van der Waals surface area contributed by atoms with Crippen molar-refractivity contribution in [3.05, 3.63) is 64.7 Å². The quantitative estimate of drug-likeness (QED) is 0.452. The van der Waals surface area contributed by atoms with E-state index in [1.54, 1.807) is 0 Å². The smallest absolute Gasteiger partial charge is 0.144 e. The highest BCUT2D eigenvalue weighted by Crippen LogP contribution is 2.27. The second-order valence-electron chi connectivity index (χ2n) is 5.30. The maximum Gasteiger partial charge on any atom is 0.144 e. The van der Waals surface area contributed by atoms with Crippen molar-refractivity contribution in [2.24, 2.45) is 15.1 Å². The zero-order chi connectivity index (χ0) is 17.6. The molecule has 2 aromatic rings. The Morgan fingerprint density at radius 3 is 2.60 bits per heavy atom. The van der Waals surface area contributed by atoms with Crippen LogP contribution in [-0.2, 0) is 0 Å². The number of fused-ring (bicyclic) bond motifs is 1. The van der Waals surface area contributed by atoms with Crippen LogP contribution in [0.25, 0.3) is 0 Å². The molecule has 0 fully saturated rings. The summed E-state index contributed by atoms with van der Waals surface area (Å²) >= 11 is 9.64. The molecule has 2 N–H and O–H groups in total. The first-order valence-electron chi connectivity index (χ1n) is 7.67. The van der Waals surface area contributed by atoms with Gasteiger partial charge < -0.3 is 5.11 Å². The highest BCUT2D eigenvalue weighted by atomic mass is 79.9. The fraction of sp³-hybridized carbons (Fsp3) is 0.167. The predicted octanol–water partition coefficient (Wildman–Crippen LogP) is 3.55. The molecule has 128 valence electrons. The molecule has 3 rings (SSSR count). The SMILES string of the molecule is OC/C(CBr)=N\NC1=Nc2ccccc2C(c2ccccc2Cl)=NC1. The number of nitrogens with one attached hydrogen (secondary N) is 1. The van der Waals surface area contributed by atoms with Gasteiger partial charge in [0.1, 0.15) is 5.84 Å². The lowest BCUT2D eigenvalue weighted by atomic mass is 10.0. The van der Waals surface area contributed by atoms with Gasteiger partial charge in [0.2, 0.25) is 0 Å². The van der Waals surface area contributed by atoms with Crippen LogP contribution in [-0.4, -0.2) is 40.8 Å². The Balaban J connectivity index is 2.01. The number of amidine groups is 1. The predicted molar refractivity (Wildman–Crippen MR) is 107 cm³/mol. The fourth-order valence-corrected chi connectivity index (χ4v) is 2.91. The van der Waals surface area contributed by atoms with E-state index in [0.717, 1.165) is 22.5 Å². The molecule has 1 aliphatic heterocycles. The number of nitrogens with zero attached hydrogens (tertiary/aromatic N) is 3. The third-order valence-electron chi connectivity index (χ3n) is 3.61. The van der Waals surface area contributed by atoms with Gasteiger partial charge in [0, 0.05) is 21.5 Å². The highest BCUT2D eigenvalue weighted by Gasteiger charge is 2.17. The van der Waals surface area contributed by atoms with Gasteiger partial charge in [-0.1, -0.05) is 63.9 Å². The van der Waals surface area contributed by atoms with Crippen LogP contribution in [0.4, 0.5) is 5.69 Å². The van der Waals surface area contributed by atoms with Gasteiger partial charge in [-0.3, -0.25) is 10.4 Å². The number of hydrazone groups is 1. The summed E-state index contributed by atoms with van der Waals surface area (Å²) in [7, 11) is 0. The molecule has 0 aromatic heterocycles. The number of rotatable bonds is 4. The average Bonchev–Trinajstić information content (AvgIpc) is 2.82. The summed E-state index contributed by atoms with van der Waals surface area (Å²) in [5, 5.41) is 14.5. The summed E-state index contributed by atoms with van der Waals surface area (Å²) in [5.74, 6) is 0.599. The molecule has 0 amide bonds. The minimum Gasteiger partial charge on any atom is -0.390 e. The summed E-state index contributed by atoms with van der Waals surface area (Å²) in [6.07, 6.45) is 0. The van der Waals surface area contributed by atoms with Gasteiger partial charge >= 0.3 is 0 Å². The Morgan fingerprint density at radius 1 is 1.16 bits per heavy atom. The lowest BCUT2D eigenvalue weighted by molar-refractivity contribution is 0.356. The van der Waals surface area contributed by atoms with Gasteiger partial charge in [-0.05, 0) is 12.1 Å². The van der Waals surface area contributed by atoms with E-state index in [1.165, 1.54) is 0 Å². The van der Waals surface area contributed by atoms with E-state index in [0.29, 0.717) is 28.4 Å². The van der Waals surface area contributed by atoms with Crippen LogP contribution in [0.1, 0.15) is 11.1 Å². The molecule has 0 bridgehead atoms. The number of hydrogen-bond acceptors (Lipinski definition) is 5. The van der Waals surface area contributed by atoms with Crippen LogP contribution >= 0.6 is 27.5 Å². The molecule has 0 unspecified atom stereocenters. The third-order valence-corrected chi connectivity index (χ3v) is 4.59. The maximum absolute atomic E-state index is 9.21. The molecule has 0 saturated heterocycles. The lowest BCUT2D eigenvalue weighted by Crippen LogP contribution is -2.23. The molecule has 0 aliphatic carbocycles. The van der Waals surface area contributed by atoms with Crippen molar-refractivity contribution < 1.29 is 5.11 Å². The second kappa shape index (κ2) is 8.38. The van der Waals surface area contributed by atoms with Crippen LogP contribution in [0.3, 0.4) is 0 Å².